The molecule has 0 N–H and O–H groups in total. The molecule has 0 atom stereocenters. The van der Waals surface area contributed by atoms with Crippen LogP contribution in [-0.4, -0.2) is 0 Å². The average molecular weight is 252 g/mol. The van der Waals surface area contributed by atoms with Crippen molar-refractivity contribution in [3.05, 3.63) is 78.9 Å². The van der Waals surface area contributed by atoms with Crippen molar-refractivity contribution in [3.63, 3.8) is 0 Å². The predicted octanol–water partition coefficient (Wildman–Crippen LogP) is 1.10. The van der Waals surface area contributed by atoms with Gasteiger partial charge in [-0.25, -0.2) is 0 Å². The van der Waals surface area contributed by atoms with Crippen LogP contribution in [0.4, 0.5) is 0 Å². The Labute approximate surface area is 131 Å². The maximum atomic E-state index is 12.6. The molecule has 0 saturated heterocycles. The van der Waals surface area contributed by atoms with Crippen LogP contribution in [0.5, 0.6) is 5.75 Å². The van der Waals surface area contributed by atoms with Crippen LogP contribution in [0.25, 0.3) is 22.3 Å². The van der Waals surface area contributed by atoms with E-state index in [1.54, 1.807) is 0 Å². The van der Waals surface area contributed by atoms with E-state index in [0.29, 0.717) is 0 Å². The van der Waals surface area contributed by atoms with Gasteiger partial charge >= 0.3 is 18.9 Å². The summed E-state index contributed by atoms with van der Waals surface area (Å²) in [7, 11) is 0. The first-order chi connectivity index (χ1) is 9.36. The van der Waals surface area contributed by atoms with Crippen molar-refractivity contribution in [2.45, 2.75) is 0 Å². The fourth-order valence-corrected chi connectivity index (χ4v) is 2.23. The molecule has 3 aromatic carbocycles. The molecule has 0 bridgehead atoms. The third kappa shape index (κ3) is 2.80. The summed E-state index contributed by atoms with van der Waals surface area (Å²) in [5, 5.41) is 12.6. The molecule has 0 aromatic heterocycles. The first-order valence-corrected chi connectivity index (χ1v) is 6.27. The molecule has 3 rings (SSSR count). The summed E-state index contributed by atoms with van der Waals surface area (Å²) >= 11 is 0. The van der Waals surface area contributed by atoms with Crippen molar-refractivity contribution >= 4 is 0 Å². The third-order valence-electron chi connectivity index (χ3n) is 3.18. The number of rotatable bonds is 2. The molecule has 20 heavy (non-hydrogen) atoms. The van der Waals surface area contributed by atoms with E-state index in [4.69, 9.17) is 0 Å². The van der Waals surface area contributed by atoms with E-state index in [-0.39, 0.29) is 24.6 Å². The van der Waals surface area contributed by atoms with E-state index >= 15 is 0 Å². The maximum absolute atomic E-state index is 12.6. The topological polar surface area (TPSA) is 23.1 Å². The van der Waals surface area contributed by atoms with Gasteiger partial charge in [0, 0.05) is 0 Å². The van der Waals surface area contributed by atoms with Crippen molar-refractivity contribution in [1.29, 1.82) is 0 Å². The van der Waals surface area contributed by atoms with E-state index < -0.39 is 0 Å². The summed E-state index contributed by atoms with van der Waals surface area (Å²) in [5.74, 6) is 0.0832. The quantitative estimate of drug-likeness (QED) is 0.626. The fraction of sp³-hybridized carbons (Fsp3) is 0. The zero-order valence-electron chi connectivity index (χ0n) is 11.4. The average Bonchev–Trinajstić information content (AvgIpc) is 2.49. The van der Waals surface area contributed by atoms with Gasteiger partial charge in [0.15, 0.2) is 0 Å². The molecule has 0 heterocycles. The zero-order chi connectivity index (χ0) is 13.1. The summed E-state index contributed by atoms with van der Waals surface area (Å²) in [6, 6.07) is 25.3. The Hall–Kier alpha value is -1.94. The largest absolute Gasteiger partial charge is 1.00 e. The maximum Gasteiger partial charge on any atom is 1.00 e. The van der Waals surface area contributed by atoms with Gasteiger partial charge < -0.3 is 5.11 Å². The van der Waals surface area contributed by atoms with Gasteiger partial charge in [-0.05, 0) is 22.3 Å². The third-order valence-corrected chi connectivity index (χ3v) is 3.18. The molecular formula is C18H13LiO. The summed E-state index contributed by atoms with van der Waals surface area (Å²) in [4.78, 5) is 0. The Morgan fingerprint density at radius 2 is 0.900 bits per heavy atom. The smallest absolute Gasteiger partial charge is 0.872 e. The van der Waals surface area contributed by atoms with Gasteiger partial charge in [0.2, 0.25) is 0 Å². The van der Waals surface area contributed by atoms with Crippen LogP contribution in [0, 0.1) is 0 Å². The monoisotopic (exact) mass is 252 g/mol. The Kier molecular flexibility index (Phi) is 4.69. The molecular weight excluding hydrogens is 239 g/mol. The van der Waals surface area contributed by atoms with Gasteiger partial charge in [0.25, 0.3) is 0 Å². The van der Waals surface area contributed by atoms with Gasteiger partial charge in [-0.1, -0.05) is 84.6 Å². The zero-order valence-corrected chi connectivity index (χ0v) is 11.4. The summed E-state index contributed by atoms with van der Waals surface area (Å²) in [5.41, 5.74) is 3.43. The van der Waals surface area contributed by atoms with Crippen LogP contribution >= 0.6 is 0 Å². The van der Waals surface area contributed by atoms with Gasteiger partial charge in [-0.15, -0.1) is 0 Å². The minimum Gasteiger partial charge on any atom is -0.872 e. The SMILES string of the molecule is [Li+].[O-]c1c(-c2ccccc2)cccc1-c1ccccc1. The second-order valence-corrected chi connectivity index (χ2v) is 4.41. The van der Waals surface area contributed by atoms with Crippen molar-refractivity contribution in [2.75, 3.05) is 0 Å². The number of hydrogen-bond donors (Lipinski definition) is 0. The van der Waals surface area contributed by atoms with Crippen LogP contribution in [0.3, 0.4) is 0 Å². The first-order valence-electron chi connectivity index (χ1n) is 6.27. The van der Waals surface area contributed by atoms with Crippen LogP contribution in [0.2, 0.25) is 0 Å². The van der Waals surface area contributed by atoms with Crippen molar-refractivity contribution in [2.24, 2.45) is 0 Å². The second-order valence-electron chi connectivity index (χ2n) is 4.41. The first kappa shape index (κ1) is 14.5. The van der Waals surface area contributed by atoms with E-state index in [9.17, 15) is 5.11 Å². The van der Waals surface area contributed by atoms with E-state index in [1.165, 1.54) is 0 Å². The summed E-state index contributed by atoms with van der Waals surface area (Å²) in [6.07, 6.45) is 0. The van der Waals surface area contributed by atoms with Gasteiger partial charge in [-0.3, -0.25) is 0 Å². The molecule has 0 unspecified atom stereocenters. The normalized spacial score (nSPS) is 9.80. The van der Waals surface area contributed by atoms with Crippen LogP contribution in [-0.2, 0) is 0 Å². The minimum absolute atomic E-state index is 0. The molecule has 2 heteroatoms. The van der Waals surface area contributed by atoms with Crippen molar-refractivity contribution in [3.8, 4) is 28.0 Å². The molecule has 0 aliphatic heterocycles. The summed E-state index contributed by atoms with van der Waals surface area (Å²) < 4.78 is 0. The minimum atomic E-state index is 0. The van der Waals surface area contributed by atoms with Crippen LogP contribution in [0.15, 0.2) is 78.9 Å². The Morgan fingerprint density at radius 3 is 1.30 bits per heavy atom. The van der Waals surface area contributed by atoms with Crippen molar-refractivity contribution in [1.82, 2.24) is 0 Å². The molecule has 1 nitrogen and oxygen atoms in total. The van der Waals surface area contributed by atoms with Gasteiger partial charge in [-0.2, -0.15) is 0 Å². The molecule has 0 aliphatic rings. The number of para-hydroxylation sites is 1. The molecule has 3 aromatic rings. The van der Waals surface area contributed by atoms with Crippen LogP contribution in [0.1, 0.15) is 0 Å². The molecule has 92 valence electrons. The molecule has 0 aliphatic carbocycles. The molecule has 0 saturated carbocycles. The molecule has 0 amide bonds. The van der Waals surface area contributed by atoms with Gasteiger partial charge in [0.1, 0.15) is 0 Å². The standard InChI is InChI=1S/C18H14O.Li/c19-18-16(14-8-3-1-4-9-14)12-7-13-17(18)15-10-5-2-6-11-15;/h1-13,19H;/q;+1/p-1. The van der Waals surface area contributed by atoms with E-state index in [0.717, 1.165) is 22.3 Å². The van der Waals surface area contributed by atoms with Crippen LogP contribution < -0.4 is 24.0 Å². The molecule has 0 radical (unpaired) electrons. The number of benzene rings is 3. The Bertz CT molecular complexity index is 621. The predicted molar refractivity (Wildman–Crippen MR) is 76.8 cm³/mol. The Balaban J connectivity index is 0.00000147. The molecule has 0 fully saturated rings. The Morgan fingerprint density at radius 1 is 0.500 bits per heavy atom. The fourth-order valence-electron chi connectivity index (χ4n) is 2.23. The molecule has 0 spiro atoms. The van der Waals surface area contributed by atoms with Crippen molar-refractivity contribution < 1.29 is 24.0 Å². The van der Waals surface area contributed by atoms with E-state index in [1.807, 2.05) is 78.9 Å². The van der Waals surface area contributed by atoms with E-state index in [2.05, 4.69) is 0 Å². The van der Waals surface area contributed by atoms with Gasteiger partial charge in [0.05, 0.1) is 0 Å². The summed E-state index contributed by atoms with van der Waals surface area (Å²) in [6.45, 7) is 0. The second kappa shape index (κ2) is 6.48. The number of hydrogen-bond acceptors (Lipinski definition) is 1.